The van der Waals surface area contributed by atoms with Gasteiger partial charge in [-0.2, -0.15) is 0 Å². The fraction of sp³-hybridized carbons (Fsp3) is 0.909. The number of carbonyl (C=O) groups is 1. The molecule has 0 spiro atoms. The van der Waals surface area contributed by atoms with Crippen LogP contribution in [0.4, 0.5) is 0 Å². The molecule has 0 aromatic rings. The maximum atomic E-state index is 11.3. The first-order valence-electron chi connectivity index (χ1n) is 5.45. The van der Waals surface area contributed by atoms with Gasteiger partial charge in [0.15, 0.2) is 0 Å². The van der Waals surface area contributed by atoms with E-state index in [4.69, 9.17) is 0 Å². The van der Waals surface area contributed by atoms with Gasteiger partial charge in [-0.15, -0.1) is 0 Å². The zero-order valence-corrected chi connectivity index (χ0v) is 9.79. The molecule has 1 amide bonds. The average Bonchev–Trinajstić information content (AvgIpc) is 2.34. The van der Waals surface area contributed by atoms with Crippen LogP contribution in [0.1, 0.15) is 26.7 Å². The fourth-order valence-corrected chi connectivity index (χ4v) is 2.14. The molecule has 0 aromatic carbocycles. The van der Waals surface area contributed by atoms with Gasteiger partial charge in [0, 0.05) is 32.6 Å². The van der Waals surface area contributed by atoms with Crippen LogP contribution in [0.3, 0.4) is 0 Å². The van der Waals surface area contributed by atoms with E-state index in [0.717, 1.165) is 25.9 Å². The average molecular weight is 198 g/mol. The van der Waals surface area contributed by atoms with Crippen molar-refractivity contribution in [3.63, 3.8) is 0 Å². The summed E-state index contributed by atoms with van der Waals surface area (Å²) in [4.78, 5) is 15.5. The number of nitrogens with zero attached hydrogens (tertiary/aromatic N) is 2. The minimum atomic E-state index is 0.299. The molecule has 3 nitrogen and oxygen atoms in total. The highest BCUT2D eigenvalue weighted by molar-refractivity contribution is 5.78. The molecule has 3 heteroatoms. The third-order valence-electron chi connectivity index (χ3n) is 2.83. The molecule has 14 heavy (non-hydrogen) atoms. The second kappa shape index (κ2) is 4.78. The van der Waals surface area contributed by atoms with Crippen LogP contribution in [0, 0.1) is 5.92 Å². The molecular weight excluding hydrogens is 176 g/mol. The lowest BCUT2D eigenvalue weighted by Gasteiger charge is -2.26. The Morgan fingerprint density at radius 2 is 2.21 bits per heavy atom. The van der Waals surface area contributed by atoms with Crippen LogP contribution in [-0.4, -0.2) is 48.9 Å². The summed E-state index contributed by atoms with van der Waals surface area (Å²) in [6, 6.07) is 0.436. The highest BCUT2D eigenvalue weighted by atomic mass is 16.2. The molecule has 0 aromatic heterocycles. The van der Waals surface area contributed by atoms with E-state index in [2.05, 4.69) is 25.8 Å². The van der Waals surface area contributed by atoms with Gasteiger partial charge in [0.05, 0.1) is 0 Å². The van der Waals surface area contributed by atoms with E-state index in [1.165, 1.54) is 0 Å². The van der Waals surface area contributed by atoms with Gasteiger partial charge < -0.3 is 9.80 Å². The normalized spacial score (nSPS) is 22.9. The van der Waals surface area contributed by atoms with E-state index in [0.29, 0.717) is 17.9 Å². The second-order valence-electron chi connectivity index (χ2n) is 4.81. The number of hydrogen-bond acceptors (Lipinski definition) is 2. The highest BCUT2D eigenvalue weighted by Crippen LogP contribution is 2.17. The van der Waals surface area contributed by atoms with Crippen LogP contribution in [0.5, 0.6) is 0 Å². The summed E-state index contributed by atoms with van der Waals surface area (Å²) in [7, 11) is 4.06. The monoisotopic (exact) mass is 198 g/mol. The summed E-state index contributed by atoms with van der Waals surface area (Å²) in [5, 5.41) is 0. The summed E-state index contributed by atoms with van der Waals surface area (Å²) < 4.78 is 0. The Bertz CT molecular complexity index is 203. The molecular formula is C11H22N2O. The number of likely N-dealkylation sites (N-methyl/N-ethyl adjacent to an activating group) is 2. The van der Waals surface area contributed by atoms with Crippen molar-refractivity contribution in [2.45, 2.75) is 32.7 Å². The van der Waals surface area contributed by atoms with Gasteiger partial charge in [0.2, 0.25) is 5.91 Å². The Kier molecular flexibility index (Phi) is 3.93. The van der Waals surface area contributed by atoms with Crippen molar-refractivity contribution in [1.29, 1.82) is 0 Å². The van der Waals surface area contributed by atoms with Crippen molar-refractivity contribution in [2.75, 3.05) is 27.2 Å². The molecule has 1 atom stereocenters. The zero-order chi connectivity index (χ0) is 10.7. The lowest BCUT2D eigenvalue weighted by atomic mass is 10.1. The predicted molar refractivity (Wildman–Crippen MR) is 58.1 cm³/mol. The molecule has 0 bridgehead atoms. The van der Waals surface area contributed by atoms with E-state index in [1.807, 2.05) is 11.9 Å². The van der Waals surface area contributed by atoms with Gasteiger partial charge >= 0.3 is 0 Å². The first kappa shape index (κ1) is 11.5. The van der Waals surface area contributed by atoms with E-state index in [9.17, 15) is 4.79 Å². The maximum Gasteiger partial charge on any atom is 0.222 e. The van der Waals surface area contributed by atoms with Crippen LogP contribution in [-0.2, 0) is 4.79 Å². The SMILES string of the molecule is CC(C)CN(C)C[C@@H]1CCC(=O)N1C. The Balaban J connectivity index is 2.33. The van der Waals surface area contributed by atoms with Crippen LogP contribution >= 0.6 is 0 Å². The fourth-order valence-electron chi connectivity index (χ4n) is 2.14. The standard InChI is InChI=1S/C11H22N2O/c1-9(2)7-12(3)8-10-5-6-11(14)13(10)4/h9-10H,5-8H2,1-4H3/t10-/m0/s1. The van der Waals surface area contributed by atoms with E-state index < -0.39 is 0 Å². The molecule has 1 heterocycles. The Labute approximate surface area is 87.1 Å². The molecule has 1 rings (SSSR count). The smallest absolute Gasteiger partial charge is 0.222 e. The molecule has 1 fully saturated rings. The van der Waals surface area contributed by atoms with E-state index >= 15 is 0 Å². The topological polar surface area (TPSA) is 23.6 Å². The van der Waals surface area contributed by atoms with Gasteiger partial charge in [0.1, 0.15) is 0 Å². The number of carbonyl (C=O) groups excluding carboxylic acids is 1. The van der Waals surface area contributed by atoms with Crippen molar-refractivity contribution in [2.24, 2.45) is 5.92 Å². The number of amides is 1. The molecule has 0 unspecified atom stereocenters. The Morgan fingerprint density at radius 3 is 2.64 bits per heavy atom. The Morgan fingerprint density at radius 1 is 1.57 bits per heavy atom. The molecule has 0 N–H and O–H groups in total. The summed E-state index contributed by atoms with van der Waals surface area (Å²) >= 11 is 0. The van der Waals surface area contributed by atoms with E-state index in [1.54, 1.807) is 0 Å². The van der Waals surface area contributed by atoms with E-state index in [-0.39, 0.29) is 0 Å². The molecule has 0 saturated carbocycles. The number of hydrogen-bond donors (Lipinski definition) is 0. The van der Waals surface area contributed by atoms with Crippen LogP contribution in [0.2, 0.25) is 0 Å². The van der Waals surface area contributed by atoms with Gasteiger partial charge in [-0.1, -0.05) is 13.8 Å². The third-order valence-corrected chi connectivity index (χ3v) is 2.83. The maximum absolute atomic E-state index is 11.3. The van der Waals surface area contributed by atoms with Crippen molar-refractivity contribution in [3.8, 4) is 0 Å². The van der Waals surface area contributed by atoms with Crippen molar-refractivity contribution in [3.05, 3.63) is 0 Å². The number of likely N-dealkylation sites (tertiary alicyclic amines) is 1. The zero-order valence-electron chi connectivity index (χ0n) is 9.79. The van der Waals surface area contributed by atoms with Crippen molar-refractivity contribution < 1.29 is 4.79 Å². The molecule has 0 radical (unpaired) electrons. The lowest BCUT2D eigenvalue weighted by Crippen LogP contribution is -2.39. The summed E-state index contributed by atoms with van der Waals surface area (Å²) in [5.41, 5.74) is 0. The molecule has 1 aliphatic heterocycles. The van der Waals surface area contributed by atoms with Crippen LogP contribution in [0.25, 0.3) is 0 Å². The molecule has 0 aliphatic carbocycles. The minimum absolute atomic E-state index is 0.299. The molecule has 1 saturated heterocycles. The third kappa shape index (κ3) is 2.98. The van der Waals surface area contributed by atoms with Crippen molar-refractivity contribution in [1.82, 2.24) is 9.80 Å². The minimum Gasteiger partial charge on any atom is -0.341 e. The first-order chi connectivity index (χ1) is 6.50. The van der Waals surface area contributed by atoms with Gasteiger partial charge in [-0.05, 0) is 19.4 Å². The largest absolute Gasteiger partial charge is 0.341 e. The quantitative estimate of drug-likeness (QED) is 0.677. The number of rotatable bonds is 4. The van der Waals surface area contributed by atoms with Gasteiger partial charge in [-0.25, -0.2) is 0 Å². The highest BCUT2D eigenvalue weighted by Gasteiger charge is 2.28. The summed E-state index contributed by atoms with van der Waals surface area (Å²) in [6.45, 7) is 6.57. The summed E-state index contributed by atoms with van der Waals surface area (Å²) in [6.07, 6.45) is 1.76. The molecule has 82 valence electrons. The van der Waals surface area contributed by atoms with Crippen molar-refractivity contribution >= 4 is 5.91 Å². The summed E-state index contributed by atoms with van der Waals surface area (Å²) in [5.74, 6) is 0.996. The molecule has 1 aliphatic rings. The Hall–Kier alpha value is -0.570. The first-order valence-corrected chi connectivity index (χ1v) is 5.45. The lowest BCUT2D eigenvalue weighted by molar-refractivity contribution is -0.127. The van der Waals surface area contributed by atoms with Crippen LogP contribution < -0.4 is 0 Å². The van der Waals surface area contributed by atoms with Gasteiger partial charge in [0.25, 0.3) is 0 Å². The second-order valence-corrected chi connectivity index (χ2v) is 4.81. The van der Waals surface area contributed by atoms with Crippen LogP contribution in [0.15, 0.2) is 0 Å². The van der Waals surface area contributed by atoms with Gasteiger partial charge in [-0.3, -0.25) is 4.79 Å². The predicted octanol–water partition coefficient (Wildman–Crippen LogP) is 1.20.